The van der Waals surface area contributed by atoms with E-state index in [1.54, 1.807) is 11.0 Å². The summed E-state index contributed by atoms with van der Waals surface area (Å²) < 4.78 is 22.5. The van der Waals surface area contributed by atoms with Crippen molar-refractivity contribution in [2.24, 2.45) is 5.92 Å². The van der Waals surface area contributed by atoms with Gasteiger partial charge in [0, 0.05) is 67.0 Å². The fraction of sp³-hybridized carbons (Fsp3) is 0.435. The van der Waals surface area contributed by atoms with Crippen LogP contribution in [0.15, 0.2) is 65.5 Å². The smallest absolute Gasteiger partial charge is 0.328 e. The van der Waals surface area contributed by atoms with E-state index in [1.165, 1.54) is 7.11 Å². The lowest BCUT2D eigenvalue weighted by molar-refractivity contribution is -0.147. The van der Waals surface area contributed by atoms with Crippen LogP contribution in [0.4, 0.5) is 5.69 Å². The standard InChI is InChI=1S/C46H56N4O8/c1-8-49(36-15-17-56-18-16-36)41-23-35(22-38(31(41)6)43(51)47-25-40-29(4)21-30(5)48-44(40)52)33-11-9-32(10-12-33)27-57-19-20-58-37-14-13-34-26-50(45(53)39(34)24-37)42(28(2)3)46(54)55-7/h9-14,21-24,28,36,42H,8,15-20,25-27H2,1-7H3,(H,47,51)(H,48,52)/t42-/m0/s1. The van der Waals surface area contributed by atoms with Crippen LogP contribution in [0.3, 0.4) is 0 Å². The maximum Gasteiger partial charge on any atom is 0.328 e. The molecule has 308 valence electrons. The van der Waals surface area contributed by atoms with Gasteiger partial charge >= 0.3 is 5.97 Å². The molecule has 4 aromatic rings. The van der Waals surface area contributed by atoms with Crippen LogP contribution in [0.2, 0.25) is 0 Å². The van der Waals surface area contributed by atoms with Gasteiger partial charge in [-0.15, -0.1) is 0 Å². The largest absolute Gasteiger partial charge is 0.491 e. The number of aromatic nitrogens is 1. The minimum atomic E-state index is -0.656. The Labute approximate surface area is 340 Å². The van der Waals surface area contributed by atoms with E-state index in [2.05, 4.69) is 28.2 Å². The second kappa shape index (κ2) is 18.9. The molecule has 1 atom stereocenters. The predicted molar refractivity (Wildman–Crippen MR) is 223 cm³/mol. The van der Waals surface area contributed by atoms with E-state index in [0.29, 0.717) is 68.1 Å². The van der Waals surface area contributed by atoms with Crippen LogP contribution >= 0.6 is 0 Å². The number of aryl methyl sites for hydroxylation is 2. The number of pyridine rings is 1. The third-order valence-corrected chi connectivity index (χ3v) is 11.2. The zero-order chi connectivity index (χ0) is 41.5. The number of aromatic amines is 1. The van der Waals surface area contributed by atoms with Gasteiger partial charge in [0.2, 0.25) is 0 Å². The van der Waals surface area contributed by atoms with Crippen LogP contribution in [0.1, 0.15) is 87.8 Å². The van der Waals surface area contributed by atoms with Crippen molar-refractivity contribution < 1.29 is 33.3 Å². The Balaban J connectivity index is 1.11. The average molecular weight is 793 g/mol. The molecule has 12 nitrogen and oxygen atoms in total. The summed E-state index contributed by atoms with van der Waals surface area (Å²) in [5, 5.41) is 3.02. The van der Waals surface area contributed by atoms with E-state index >= 15 is 0 Å². The van der Waals surface area contributed by atoms with Crippen molar-refractivity contribution in [3.05, 3.63) is 116 Å². The molecule has 2 amide bonds. The summed E-state index contributed by atoms with van der Waals surface area (Å²) in [7, 11) is 1.34. The Bertz CT molecular complexity index is 2170. The van der Waals surface area contributed by atoms with Gasteiger partial charge in [-0.25, -0.2) is 4.79 Å². The van der Waals surface area contributed by atoms with Gasteiger partial charge < -0.3 is 39.0 Å². The van der Waals surface area contributed by atoms with Crippen molar-refractivity contribution in [1.82, 2.24) is 15.2 Å². The molecule has 2 aliphatic rings. The van der Waals surface area contributed by atoms with E-state index in [-0.39, 0.29) is 29.8 Å². The molecule has 0 spiro atoms. The second-order valence-electron chi connectivity index (χ2n) is 15.5. The average Bonchev–Trinajstić information content (AvgIpc) is 3.52. The Morgan fingerprint density at radius 1 is 0.966 bits per heavy atom. The molecule has 0 bridgehead atoms. The first-order valence-corrected chi connectivity index (χ1v) is 20.2. The summed E-state index contributed by atoms with van der Waals surface area (Å²) in [6.07, 6.45) is 1.83. The molecule has 0 aliphatic carbocycles. The highest BCUT2D eigenvalue weighted by Crippen LogP contribution is 2.35. The van der Waals surface area contributed by atoms with Crippen LogP contribution < -0.4 is 20.5 Å². The second-order valence-corrected chi connectivity index (χ2v) is 15.5. The van der Waals surface area contributed by atoms with Crippen LogP contribution in [-0.2, 0) is 38.7 Å². The highest BCUT2D eigenvalue weighted by molar-refractivity contribution is 6.01. The number of rotatable bonds is 16. The number of hydrogen-bond donors (Lipinski definition) is 2. The Morgan fingerprint density at radius 3 is 2.38 bits per heavy atom. The number of carbonyl (C=O) groups is 3. The molecule has 0 radical (unpaired) electrons. The summed E-state index contributed by atoms with van der Waals surface area (Å²) in [5.41, 5.74) is 8.68. The van der Waals surface area contributed by atoms with Crippen LogP contribution in [-0.4, -0.2) is 79.8 Å². The van der Waals surface area contributed by atoms with Crippen LogP contribution in [0, 0.1) is 26.7 Å². The number of fused-ring (bicyclic) bond motifs is 1. The first kappa shape index (κ1) is 42.2. The van der Waals surface area contributed by atoms with Crippen molar-refractivity contribution >= 4 is 23.5 Å². The SMILES string of the molecule is CCN(c1cc(-c2ccc(COCCOc3ccc4c(c3)C(=O)N([C@H](C(=O)OC)C(C)C)C4)cc2)cc(C(=O)NCc2c(C)cc(C)[nH]c2=O)c1C)C1CCOCC1. The van der Waals surface area contributed by atoms with E-state index in [1.807, 2.05) is 83.1 Å². The third-order valence-electron chi connectivity index (χ3n) is 11.2. The third kappa shape index (κ3) is 9.45. The number of hydrogen-bond acceptors (Lipinski definition) is 9. The summed E-state index contributed by atoms with van der Waals surface area (Å²) in [5.74, 6) is -0.402. The molecule has 0 unspecified atom stereocenters. The van der Waals surface area contributed by atoms with Gasteiger partial charge in [-0.05, 0) is 110 Å². The Hall–Kier alpha value is -5.46. The Kier molecular flexibility index (Phi) is 13.7. The maximum atomic E-state index is 13.9. The minimum Gasteiger partial charge on any atom is -0.491 e. The zero-order valence-corrected chi connectivity index (χ0v) is 34.7. The van der Waals surface area contributed by atoms with Crippen molar-refractivity contribution in [3.8, 4) is 16.9 Å². The lowest BCUT2D eigenvalue weighted by Gasteiger charge is -2.37. The number of carbonyl (C=O) groups excluding carboxylic acids is 3. The topological polar surface area (TPSA) is 139 Å². The van der Waals surface area contributed by atoms with Crippen molar-refractivity contribution in [3.63, 3.8) is 0 Å². The number of anilines is 1. The van der Waals surface area contributed by atoms with E-state index in [4.69, 9.17) is 18.9 Å². The number of H-pyrrole nitrogens is 1. The maximum absolute atomic E-state index is 13.9. The molecule has 1 fully saturated rings. The molecule has 12 heteroatoms. The summed E-state index contributed by atoms with van der Waals surface area (Å²) in [6.45, 7) is 15.3. The molecular formula is C46H56N4O8. The highest BCUT2D eigenvalue weighted by atomic mass is 16.5. The number of benzene rings is 3. The molecule has 0 saturated carbocycles. The number of esters is 1. The lowest BCUT2D eigenvalue weighted by atomic mass is 9.94. The zero-order valence-electron chi connectivity index (χ0n) is 34.7. The van der Waals surface area contributed by atoms with Crippen LogP contribution in [0.5, 0.6) is 5.75 Å². The number of amides is 2. The number of methoxy groups -OCH3 is 1. The van der Waals surface area contributed by atoms with Crippen molar-refractivity contribution in [2.75, 3.05) is 45.0 Å². The molecule has 58 heavy (non-hydrogen) atoms. The Morgan fingerprint density at radius 2 is 1.71 bits per heavy atom. The first-order chi connectivity index (χ1) is 27.9. The van der Waals surface area contributed by atoms with Crippen molar-refractivity contribution in [1.29, 1.82) is 0 Å². The normalized spacial score (nSPS) is 14.7. The fourth-order valence-corrected chi connectivity index (χ4v) is 8.09. The van der Waals surface area contributed by atoms with Gasteiger partial charge in [-0.1, -0.05) is 44.2 Å². The highest BCUT2D eigenvalue weighted by Gasteiger charge is 2.39. The summed E-state index contributed by atoms with van der Waals surface area (Å²) in [4.78, 5) is 59.1. The van der Waals surface area contributed by atoms with Gasteiger partial charge in [0.15, 0.2) is 0 Å². The molecule has 3 aromatic carbocycles. The quantitative estimate of drug-likeness (QED) is 0.0944. The summed E-state index contributed by atoms with van der Waals surface area (Å²) in [6, 6.07) is 19.2. The molecule has 6 rings (SSSR count). The van der Waals surface area contributed by atoms with Gasteiger partial charge in [0.1, 0.15) is 18.4 Å². The number of nitrogens with one attached hydrogen (secondary N) is 2. The van der Waals surface area contributed by atoms with E-state index < -0.39 is 12.0 Å². The molecule has 3 heterocycles. The van der Waals surface area contributed by atoms with E-state index in [9.17, 15) is 19.2 Å². The molecule has 2 N–H and O–H groups in total. The molecular weight excluding hydrogens is 737 g/mol. The van der Waals surface area contributed by atoms with Gasteiger partial charge in [-0.2, -0.15) is 0 Å². The minimum absolute atomic E-state index is 0.0929. The van der Waals surface area contributed by atoms with Crippen molar-refractivity contribution in [2.45, 2.75) is 86.2 Å². The van der Waals surface area contributed by atoms with Gasteiger partial charge in [0.25, 0.3) is 17.4 Å². The fourth-order valence-electron chi connectivity index (χ4n) is 8.09. The summed E-state index contributed by atoms with van der Waals surface area (Å²) >= 11 is 0. The number of ether oxygens (including phenoxy) is 4. The van der Waals surface area contributed by atoms with E-state index in [0.717, 1.165) is 64.1 Å². The molecule has 1 saturated heterocycles. The molecule has 2 aliphatic heterocycles. The van der Waals surface area contributed by atoms with Crippen LogP contribution in [0.25, 0.3) is 11.1 Å². The van der Waals surface area contributed by atoms with Gasteiger partial charge in [-0.3, -0.25) is 14.4 Å². The monoisotopic (exact) mass is 792 g/mol. The van der Waals surface area contributed by atoms with Gasteiger partial charge in [0.05, 0.1) is 20.3 Å². The first-order valence-electron chi connectivity index (χ1n) is 20.2. The molecule has 1 aromatic heterocycles. The number of nitrogens with zero attached hydrogens (tertiary/aromatic N) is 2. The predicted octanol–water partition coefficient (Wildman–Crippen LogP) is 6.65. The lowest BCUT2D eigenvalue weighted by Crippen LogP contribution is -2.45.